The van der Waals surface area contributed by atoms with Gasteiger partial charge in [0.25, 0.3) is 5.91 Å². The quantitative estimate of drug-likeness (QED) is 0.734. The number of hydrogen-bond acceptors (Lipinski definition) is 4. The first-order chi connectivity index (χ1) is 12.5. The molecule has 0 fully saturated rings. The summed E-state index contributed by atoms with van der Waals surface area (Å²) in [6.07, 6.45) is 0. The first-order valence-electron chi connectivity index (χ1n) is 7.98. The molecule has 1 aromatic heterocycles. The molecular weight excluding hydrogens is 371 g/mol. The summed E-state index contributed by atoms with van der Waals surface area (Å²) in [6.45, 7) is 0.890. The molecule has 3 aromatic rings. The van der Waals surface area contributed by atoms with Gasteiger partial charge in [-0.3, -0.25) is 4.79 Å². The van der Waals surface area contributed by atoms with Crippen molar-refractivity contribution < 1.29 is 4.79 Å². The van der Waals surface area contributed by atoms with Crippen LogP contribution < -0.4 is 5.73 Å². The summed E-state index contributed by atoms with van der Waals surface area (Å²) >= 11 is 12.3. The number of nitrogens with zero attached hydrogens (tertiary/aromatic N) is 3. The Labute approximate surface area is 160 Å². The van der Waals surface area contributed by atoms with E-state index in [1.54, 1.807) is 23.1 Å². The van der Waals surface area contributed by atoms with Crippen LogP contribution in [0.4, 0.5) is 5.95 Å². The number of amides is 1. The van der Waals surface area contributed by atoms with Crippen LogP contribution >= 0.6 is 23.2 Å². The summed E-state index contributed by atoms with van der Waals surface area (Å²) in [5.41, 5.74) is 9.19. The molecule has 0 saturated heterocycles. The van der Waals surface area contributed by atoms with Gasteiger partial charge in [-0.2, -0.15) is 0 Å². The van der Waals surface area contributed by atoms with Crippen LogP contribution in [-0.4, -0.2) is 20.8 Å². The molecule has 0 bridgehead atoms. The molecule has 0 saturated carbocycles. The van der Waals surface area contributed by atoms with Crippen LogP contribution in [0.15, 0.2) is 48.5 Å². The molecule has 1 aliphatic heterocycles. The number of halogens is 2. The average Bonchev–Trinajstić information content (AvgIpc) is 2.92. The zero-order valence-electron chi connectivity index (χ0n) is 13.6. The number of carbonyl (C=O) groups excluding carboxylic acids is 1. The van der Waals surface area contributed by atoms with Gasteiger partial charge in [-0.05, 0) is 23.8 Å². The number of fused-ring (bicyclic) bond motifs is 1. The maximum Gasteiger partial charge on any atom is 0.273 e. The predicted octanol–water partition coefficient (Wildman–Crippen LogP) is 4.19. The van der Waals surface area contributed by atoms with E-state index in [1.165, 1.54) is 0 Å². The summed E-state index contributed by atoms with van der Waals surface area (Å²) < 4.78 is 0. The Morgan fingerprint density at radius 1 is 1.04 bits per heavy atom. The van der Waals surface area contributed by atoms with Crippen molar-refractivity contribution in [3.63, 3.8) is 0 Å². The van der Waals surface area contributed by atoms with Gasteiger partial charge >= 0.3 is 0 Å². The second-order valence-corrected chi connectivity index (χ2v) is 6.87. The predicted molar refractivity (Wildman–Crippen MR) is 102 cm³/mol. The van der Waals surface area contributed by atoms with Crippen molar-refractivity contribution >= 4 is 35.1 Å². The third-order valence-electron chi connectivity index (χ3n) is 4.27. The van der Waals surface area contributed by atoms with Crippen molar-refractivity contribution in [2.75, 3.05) is 5.73 Å². The van der Waals surface area contributed by atoms with Crippen LogP contribution in [0.1, 0.15) is 21.6 Å². The first-order valence-corrected chi connectivity index (χ1v) is 8.73. The maximum absolute atomic E-state index is 12.8. The van der Waals surface area contributed by atoms with E-state index in [2.05, 4.69) is 9.97 Å². The monoisotopic (exact) mass is 384 g/mol. The summed E-state index contributed by atoms with van der Waals surface area (Å²) in [4.78, 5) is 23.0. The highest BCUT2D eigenvalue weighted by molar-refractivity contribution is 6.36. The van der Waals surface area contributed by atoms with Crippen LogP contribution in [0.25, 0.3) is 11.3 Å². The van der Waals surface area contributed by atoms with Crippen LogP contribution in [-0.2, 0) is 13.1 Å². The normalized spacial score (nSPS) is 13.2. The fraction of sp³-hybridized carbons (Fsp3) is 0.105. The van der Waals surface area contributed by atoms with E-state index < -0.39 is 0 Å². The summed E-state index contributed by atoms with van der Waals surface area (Å²) in [5.74, 6) is -0.121. The molecule has 5 nitrogen and oxygen atoms in total. The molecule has 2 N–H and O–H groups in total. The Kier molecular flexibility index (Phi) is 4.26. The van der Waals surface area contributed by atoms with Crippen molar-refractivity contribution in [3.8, 4) is 11.3 Å². The van der Waals surface area contributed by atoms with Gasteiger partial charge in [0.15, 0.2) is 0 Å². The fourth-order valence-corrected chi connectivity index (χ4v) is 3.57. The van der Waals surface area contributed by atoms with Gasteiger partial charge in [0.05, 0.1) is 17.3 Å². The number of anilines is 1. The zero-order valence-corrected chi connectivity index (χ0v) is 15.1. The molecule has 7 heteroatoms. The minimum absolute atomic E-state index is 0.0414. The van der Waals surface area contributed by atoms with Crippen LogP contribution in [0.2, 0.25) is 10.0 Å². The largest absolute Gasteiger partial charge is 0.368 e. The molecule has 4 rings (SSSR count). The van der Waals surface area contributed by atoms with E-state index in [9.17, 15) is 4.79 Å². The van der Waals surface area contributed by atoms with Gasteiger partial charge < -0.3 is 10.6 Å². The minimum Gasteiger partial charge on any atom is -0.368 e. The molecule has 1 aliphatic rings. The number of hydrogen-bond donors (Lipinski definition) is 1. The van der Waals surface area contributed by atoms with Gasteiger partial charge in [0.1, 0.15) is 5.69 Å². The number of carbonyl (C=O) groups is 1. The SMILES string of the molecule is Nc1nc2c(c(-c3ccc(Cl)cc3Cl)n1)CN(Cc1ccccc1)C2=O. The van der Waals surface area contributed by atoms with E-state index in [0.717, 1.165) is 11.1 Å². The highest BCUT2D eigenvalue weighted by Gasteiger charge is 2.33. The first kappa shape index (κ1) is 16.8. The molecule has 26 heavy (non-hydrogen) atoms. The Morgan fingerprint density at radius 2 is 1.77 bits per heavy atom. The Hall–Kier alpha value is -2.63. The summed E-state index contributed by atoms with van der Waals surface area (Å²) in [6, 6.07) is 14.9. The van der Waals surface area contributed by atoms with E-state index >= 15 is 0 Å². The molecule has 0 aliphatic carbocycles. The Balaban J connectivity index is 1.76. The summed E-state index contributed by atoms with van der Waals surface area (Å²) in [5, 5.41) is 0.978. The Bertz CT molecular complexity index is 1010. The lowest BCUT2D eigenvalue weighted by atomic mass is 10.1. The molecule has 2 aromatic carbocycles. The topological polar surface area (TPSA) is 72.1 Å². The van der Waals surface area contributed by atoms with Crippen molar-refractivity contribution in [3.05, 3.63) is 75.4 Å². The molecule has 0 unspecified atom stereocenters. The van der Waals surface area contributed by atoms with Crippen molar-refractivity contribution in [1.82, 2.24) is 14.9 Å². The number of aromatic nitrogens is 2. The maximum atomic E-state index is 12.8. The highest BCUT2D eigenvalue weighted by Crippen LogP contribution is 2.36. The van der Waals surface area contributed by atoms with Gasteiger partial charge in [0.2, 0.25) is 5.95 Å². The van der Waals surface area contributed by atoms with E-state index in [1.807, 2.05) is 30.3 Å². The van der Waals surface area contributed by atoms with Crippen LogP contribution in [0.5, 0.6) is 0 Å². The molecule has 2 heterocycles. The standard InChI is InChI=1S/C19H14Cl2N4O/c20-12-6-7-13(15(21)8-12)16-14-10-25(9-11-4-2-1-3-5-11)18(26)17(14)24-19(22)23-16/h1-8H,9-10H2,(H2,22,23,24). The van der Waals surface area contributed by atoms with E-state index in [4.69, 9.17) is 28.9 Å². The van der Waals surface area contributed by atoms with Crippen molar-refractivity contribution in [2.24, 2.45) is 0 Å². The number of rotatable bonds is 3. The lowest BCUT2D eigenvalue weighted by Crippen LogP contribution is -2.23. The molecular formula is C19H14Cl2N4O. The van der Waals surface area contributed by atoms with E-state index in [0.29, 0.717) is 40.1 Å². The Morgan fingerprint density at radius 3 is 2.50 bits per heavy atom. The second kappa shape index (κ2) is 6.59. The molecule has 0 spiro atoms. The number of nitrogen functional groups attached to an aromatic ring is 1. The van der Waals surface area contributed by atoms with Crippen LogP contribution in [0.3, 0.4) is 0 Å². The number of benzene rings is 2. The zero-order chi connectivity index (χ0) is 18.3. The summed E-state index contributed by atoms with van der Waals surface area (Å²) in [7, 11) is 0. The van der Waals surface area contributed by atoms with Gasteiger partial charge in [-0.1, -0.05) is 53.5 Å². The van der Waals surface area contributed by atoms with Gasteiger partial charge in [0, 0.05) is 22.7 Å². The van der Waals surface area contributed by atoms with Crippen molar-refractivity contribution in [2.45, 2.75) is 13.1 Å². The fourth-order valence-electron chi connectivity index (χ4n) is 3.08. The highest BCUT2D eigenvalue weighted by atomic mass is 35.5. The smallest absolute Gasteiger partial charge is 0.273 e. The van der Waals surface area contributed by atoms with E-state index in [-0.39, 0.29) is 11.9 Å². The van der Waals surface area contributed by atoms with Crippen LogP contribution in [0, 0.1) is 0 Å². The molecule has 130 valence electrons. The van der Waals surface area contributed by atoms with Gasteiger partial charge in [-0.25, -0.2) is 9.97 Å². The molecule has 0 radical (unpaired) electrons. The minimum atomic E-state index is -0.163. The number of nitrogens with two attached hydrogens (primary N) is 1. The lowest BCUT2D eigenvalue weighted by Gasteiger charge is -2.15. The van der Waals surface area contributed by atoms with Gasteiger partial charge in [-0.15, -0.1) is 0 Å². The second-order valence-electron chi connectivity index (χ2n) is 6.03. The third-order valence-corrected chi connectivity index (χ3v) is 4.81. The third kappa shape index (κ3) is 3.00. The lowest BCUT2D eigenvalue weighted by molar-refractivity contribution is 0.0762. The molecule has 1 amide bonds. The van der Waals surface area contributed by atoms with Crippen molar-refractivity contribution in [1.29, 1.82) is 0 Å². The average molecular weight is 385 g/mol. The molecule has 0 atom stereocenters.